The second-order valence-electron chi connectivity index (χ2n) is 28.7. The number of allylic oxidation sites excluding steroid dienone is 2. The quantitative estimate of drug-likeness (QED) is 0.0228. The Hall–Kier alpha value is -6.90. The number of carbonyl (C=O) groups excluding carboxylic acids is 6. The number of para-hydroxylation sites is 1. The van der Waals surface area contributed by atoms with Gasteiger partial charge in [-0.2, -0.15) is 9.49 Å². The highest BCUT2D eigenvalue weighted by atomic mass is 19.1. The number of ether oxygens (including phenoxy) is 10. The van der Waals surface area contributed by atoms with Gasteiger partial charge in [0.15, 0.2) is 31.5 Å². The van der Waals surface area contributed by atoms with Crippen molar-refractivity contribution in [3.05, 3.63) is 89.0 Å². The lowest BCUT2D eigenvalue weighted by molar-refractivity contribution is -0.367. The molecule has 5 aliphatic rings. The number of amides is 6. The summed E-state index contributed by atoms with van der Waals surface area (Å²) >= 11 is 0. The van der Waals surface area contributed by atoms with E-state index in [1.54, 1.807) is 19.1 Å². The van der Waals surface area contributed by atoms with Crippen LogP contribution < -0.4 is 36.6 Å². The van der Waals surface area contributed by atoms with Gasteiger partial charge in [0.1, 0.15) is 133 Å². The van der Waals surface area contributed by atoms with E-state index in [1.807, 2.05) is 24.3 Å². The van der Waals surface area contributed by atoms with Crippen LogP contribution in [-0.2, 0) is 68.9 Å². The third-order valence-corrected chi connectivity index (χ3v) is 19.5. The standard InChI is InChI=1S/C56H89N5O27.C18H24FN3O/c1-6-7-8-9-10-11-12-13-14-18-79-30-17-15-16-29(19-30)51(77)61-37-42(72)41(71)31(20-62)81-53(37)86-48-33(22-64)83-55(39(44(48)74)59-27(4)69)88-50-35(24-66)84-56(40(46(50)76)60-28(5)70)87-49-34(23-65)82-54(38(45(49)75)58-26(3)68)85-47-32(21-63)80-52(78)36(43(47)73)57-25(2)67;1-11(2)10-12(3)14-8-6-7-9-15(14)20-18(23)16-13(4)21-22(5)17(16)19/h11-12,15-17,19,31-50,52-56,62-66,71-76,78H,6-10,13-14,18,20-24H2,1-5H3,(H,57,67)(H,58,68)(H,59,69)(H,60,70)(H,61,77);6-9,11-12H,10H2,1-5H3,(H,20,23)/b12-11-;/t31-,32-,33-,34-,35-,36-,37-,38-,39-,40-,41-,42-,43-,44-,45-,46-,47-,48-,49-,50-,52?,53+,54+,55+,56+;/m1./s1. The number of hydrogen-bond donors (Lipinski definition) is 18. The fraction of sp³-hybridized carbons (Fsp3) is 0.689. The number of aromatic nitrogens is 2. The maximum atomic E-state index is 14.0. The van der Waals surface area contributed by atoms with E-state index in [0.717, 1.165) is 75.7 Å². The van der Waals surface area contributed by atoms with E-state index >= 15 is 0 Å². The molecular formula is C74H113FN8O28. The minimum Gasteiger partial charge on any atom is -0.494 e. The molecule has 1 aromatic heterocycles. The number of nitrogens with one attached hydrogen (secondary N) is 6. The normalized spacial score (nSPS) is 32.5. The summed E-state index contributed by atoms with van der Waals surface area (Å²) in [5.74, 6) is -3.74. The topological polar surface area (TPSA) is 527 Å². The van der Waals surface area contributed by atoms with Crippen molar-refractivity contribution in [3.63, 3.8) is 0 Å². The van der Waals surface area contributed by atoms with Crippen molar-refractivity contribution in [3.8, 4) is 5.75 Å². The summed E-state index contributed by atoms with van der Waals surface area (Å²) in [6.45, 7) is 10.1. The number of aryl methyl sites for hydroxylation is 2. The van der Waals surface area contributed by atoms with Crippen molar-refractivity contribution in [2.45, 2.75) is 273 Å². The predicted molar refractivity (Wildman–Crippen MR) is 387 cm³/mol. The molecule has 5 fully saturated rings. The van der Waals surface area contributed by atoms with Crippen LogP contribution in [0.5, 0.6) is 5.75 Å². The highest BCUT2D eigenvalue weighted by molar-refractivity contribution is 6.05. The first-order chi connectivity index (χ1) is 52.8. The molecule has 18 N–H and O–H groups in total. The number of carbonyl (C=O) groups is 6. The van der Waals surface area contributed by atoms with Crippen LogP contribution in [0.2, 0.25) is 0 Å². The van der Waals surface area contributed by atoms with Gasteiger partial charge in [-0.3, -0.25) is 28.8 Å². The molecule has 0 saturated carbocycles. The average Bonchev–Trinajstić information content (AvgIpc) is 1.75. The predicted octanol–water partition coefficient (Wildman–Crippen LogP) is -1.96. The lowest BCUT2D eigenvalue weighted by Crippen LogP contribution is -2.72. The summed E-state index contributed by atoms with van der Waals surface area (Å²) in [4.78, 5) is 76.6. The zero-order valence-corrected chi connectivity index (χ0v) is 63.9. The Balaban J connectivity index is 0.000000631. The third-order valence-electron chi connectivity index (χ3n) is 19.5. The maximum absolute atomic E-state index is 14.0. The van der Waals surface area contributed by atoms with Crippen molar-refractivity contribution >= 4 is 41.1 Å². The van der Waals surface area contributed by atoms with E-state index in [-0.39, 0.29) is 11.1 Å². The fourth-order valence-corrected chi connectivity index (χ4v) is 14.1. The van der Waals surface area contributed by atoms with Crippen LogP contribution in [0.1, 0.15) is 145 Å². The smallest absolute Gasteiger partial charge is 0.262 e. The second-order valence-corrected chi connectivity index (χ2v) is 28.7. The molecule has 6 heterocycles. The number of aliphatic hydroxyl groups is 12. The number of unbranched alkanes of at least 4 members (excludes halogenated alkanes) is 5. The minimum atomic E-state index is -2.03. The van der Waals surface area contributed by atoms with E-state index in [2.05, 4.69) is 76.8 Å². The van der Waals surface area contributed by atoms with Gasteiger partial charge in [-0.1, -0.05) is 83.4 Å². The van der Waals surface area contributed by atoms with Crippen molar-refractivity contribution < 1.29 is 142 Å². The van der Waals surface area contributed by atoms with Gasteiger partial charge in [0.05, 0.1) is 45.3 Å². The van der Waals surface area contributed by atoms with Crippen LogP contribution >= 0.6 is 0 Å². The number of aliphatic hydroxyl groups excluding tert-OH is 12. The molecule has 6 amide bonds. The Morgan fingerprint density at radius 3 is 1.41 bits per heavy atom. The molecule has 0 bridgehead atoms. The molecule has 624 valence electrons. The van der Waals surface area contributed by atoms with E-state index < -0.39 is 228 Å². The lowest BCUT2D eigenvalue weighted by atomic mass is 9.91. The summed E-state index contributed by atoms with van der Waals surface area (Å²) in [6, 6.07) is 5.51. The van der Waals surface area contributed by atoms with Gasteiger partial charge < -0.3 is 141 Å². The van der Waals surface area contributed by atoms with Gasteiger partial charge >= 0.3 is 0 Å². The SMILES string of the molecule is CCCCCC/C=C\CCCOc1cccc(C(=O)N[C@H]2[C@H](O[C@H]3[C@H](O)[C@@H](NC(C)=O)[C@H](O[C@H]4[C@H](O)[C@@H](NC(C)=O)[C@H](O[C@H]5[C@H](O)[C@@H](NC(C)=O)[C@H](O[C@H]6[C@H](O)[C@@H](NC(C)=O)C(O)O[C@@H]6CO)O[C@@H]5CO)O[C@@H]4CO)O[C@@H]3CO)O[C@H](CO)[C@@H](O)[C@@H]2O)c1.Cc1nn(C)c(F)c1C(=O)Nc1ccccc1C(C)CC(C)C. The molecule has 2 aromatic carbocycles. The molecule has 5 aliphatic heterocycles. The van der Waals surface area contributed by atoms with Crippen LogP contribution in [0.3, 0.4) is 0 Å². The van der Waals surface area contributed by atoms with Gasteiger partial charge in [-0.05, 0) is 80.7 Å². The largest absolute Gasteiger partial charge is 0.494 e. The number of hydrogen-bond acceptors (Lipinski definition) is 29. The summed E-state index contributed by atoms with van der Waals surface area (Å²) < 4.78 is 75.0. The van der Waals surface area contributed by atoms with E-state index in [1.165, 1.54) is 32.0 Å². The molecule has 0 radical (unpaired) electrons. The van der Waals surface area contributed by atoms with Crippen molar-refractivity contribution in [1.82, 2.24) is 36.4 Å². The Bertz CT molecular complexity index is 3490. The van der Waals surface area contributed by atoms with E-state index in [0.29, 0.717) is 36.3 Å². The van der Waals surface area contributed by atoms with Gasteiger partial charge in [0.25, 0.3) is 11.8 Å². The number of benzene rings is 2. The first kappa shape index (κ1) is 91.3. The van der Waals surface area contributed by atoms with Crippen LogP contribution in [0.15, 0.2) is 60.7 Å². The van der Waals surface area contributed by atoms with Crippen molar-refractivity contribution in [1.29, 1.82) is 0 Å². The lowest BCUT2D eigenvalue weighted by Gasteiger charge is -2.51. The zero-order valence-electron chi connectivity index (χ0n) is 63.9. The third kappa shape index (κ3) is 24.3. The summed E-state index contributed by atoms with van der Waals surface area (Å²) in [5.41, 5.74) is 2.24. The van der Waals surface area contributed by atoms with Crippen molar-refractivity contribution in [2.24, 2.45) is 13.0 Å². The monoisotopic (exact) mass is 1580 g/mol. The molecule has 36 nitrogen and oxygen atoms in total. The van der Waals surface area contributed by atoms with Gasteiger partial charge in [-0.25, -0.2) is 4.68 Å². The molecule has 37 heteroatoms. The number of anilines is 1. The Morgan fingerprint density at radius 1 is 0.532 bits per heavy atom. The van der Waals surface area contributed by atoms with Crippen molar-refractivity contribution in [2.75, 3.05) is 45.0 Å². The second kappa shape index (κ2) is 43.5. The van der Waals surface area contributed by atoms with Crippen LogP contribution in [0.4, 0.5) is 10.1 Å². The summed E-state index contributed by atoms with van der Waals surface area (Å²) in [6.07, 6.45) is -23.4. The molecule has 26 atom stereocenters. The first-order valence-corrected chi connectivity index (χ1v) is 37.4. The molecule has 0 spiro atoms. The van der Waals surface area contributed by atoms with E-state index in [9.17, 15) is 94.4 Å². The Labute approximate surface area is 642 Å². The average molecular weight is 1580 g/mol. The van der Waals surface area contributed by atoms with E-state index in [4.69, 9.17) is 47.4 Å². The molecular weight excluding hydrogens is 1470 g/mol. The summed E-state index contributed by atoms with van der Waals surface area (Å²) in [7, 11) is 1.48. The highest BCUT2D eigenvalue weighted by Crippen LogP contribution is 2.37. The highest BCUT2D eigenvalue weighted by Gasteiger charge is 2.58. The van der Waals surface area contributed by atoms with Crippen LogP contribution in [0.25, 0.3) is 0 Å². The van der Waals surface area contributed by atoms with Crippen LogP contribution in [-0.4, -0.2) is 299 Å². The van der Waals surface area contributed by atoms with Gasteiger partial charge in [0, 0.05) is 46.0 Å². The molecule has 3 aromatic rings. The molecule has 2 unspecified atom stereocenters. The minimum absolute atomic E-state index is 0.00110. The Morgan fingerprint density at radius 2 is 0.964 bits per heavy atom. The van der Waals surface area contributed by atoms with Crippen LogP contribution in [0, 0.1) is 18.8 Å². The zero-order chi connectivity index (χ0) is 81.7. The number of halogens is 1. The van der Waals surface area contributed by atoms with Gasteiger partial charge in [-0.15, -0.1) is 0 Å². The Kier molecular flexibility index (Phi) is 35.8. The first-order valence-electron chi connectivity index (χ1n) is 37.4. The van der Waals surface area contributed by atoms with Gasteiger partial charge in [0.2, 0.25) is 29.6 Å². The number of rotatable bonds is 34. The maximum Gasteiger partial charge on any atom is 0.262 e. The number of nitrogens with zero attached hydrogens (tertiary/aromatic N) is 2. The summed E-state index contributed by atoms with van der Waals surface area (Å²) in [5, 5.41) is 152. The molecule has 0 aliphatic carbocycles. The molecule has 8 rings (SSSR count). The molecule has 5 saturated heterocycles. The fourth-order valence-electron chi connectivity index (χ4n) is 14.1. The molecule has 111 heavy (non-hydrogen) atoms.